The zero-order valence-electron chi connectivity index (χ0n) is 29.0. The number of aryl methyl sites for hydroxylation is 1. The van der Waals surface area contributed by atoms with Gasteiger partial charge >= 0.3 is 0 Å². The van der Waals surface area contributed by atoms with Gasteiger partial charge in [-0.3, -0.25) is 0 Å². The second kappa shape index (κ2) is 22.2. The molecule has 0 bridgehead atoms. The second-order valence-electron chi connectivity index (χ2n) is 13.8. The summed E-state index contributed by atoms with van der Waals surface area (Å²) in [5.41, 5.74) is 2.84. The van der Waals surface area contributed by atoms with E-state index >= 15 is 0 Å². The largest absolute Gasteiger partial charge is 0.335 e. The first-order valence-corrected chi connectivity index (χ1v) is 18.8. The Balaban J connectivity index is 1.68. The summed E-state index contributed by atoms with van der Waals surface area (Å²) in [5, 5.41) is 0. The molecule has 0 aliphatic carbocycles. The Bertz CT molecular complexity index is 1070. The van der Waals surface area contributed by atoms with E-state index in [4.69, 9.17) is 4.98 Å². The monoisotopic (exact) mass is 599 g/mol. The highest BCUT2D eigenvalue weighted by Crippen LogP contribution is 2.44. The van der Waals surface area contributed by atoms with Crippen LogP contribution in [-0.4, -0.2) is 9.55 Å². The van der Waals surface area contributed by atoms with Gasteiger partial charge in [-0.2, -0.15) is 0 Å². The molecule has 2 nitrogen and oxygen atoms in total. The van der Waals surface area contributed by atoms with Crippen LogP contribution in [0.15, 0.2) is 73.1 Å². The molecule has 1 heterocycles. The molecule has 0 aliphatic heterocycles. The van der Waals surface area contributed by atoms with Crippen LogP contribution in [0.25, 0.3) is 0 Å². The number of unbranched alkanes of at least 4 members (excludes halogenated alkanes) is 17. The fourth-order valence-corrected chi connectivity index (χ4v) is 7.25. The fourth-order valence-electron chi connectivity index (χ4n) is 7.25. The molecular weight excluding hydrogens is 532 g/mol. The normalized spacial score (nSPS) is 13.6. The Hall–Kier alpha value is -2.35. The maximum absolute atomic E-state index is 5.13. The first-order chi connectivity index (χ1) is 21.7. The van der Waals surface area contributed by atoms with E-state index in [2.05, 4.69) is 98.4 Å². The number of hydrogen-bond acceptors (Lipinski definition) is 1. The van der Waals surface area contributed by atoms with Gasteiger partial charge in [-0.05, 0) is 30.4 Å². The summed E-state index contributed by atoms with van der Waals surface area (Å²) < 4.78 is 2.52. The highest BCUT2D eigenvalue weighted by molar-refractivity contribution is 5.33. The SMILES string of the molecule is CCCCCCCCCCCCCC(c1nccn1CCCCCCCCCC)C(C)(Cc1ccccc1)c1ccccc1. The van der Waals surface area contributed by atoms with E-state index in [1.807, 2.05) is 0 Å². The van der Waals surface area contributed by atoms with Crippen molar-refractivity contribution in [2.75, 3.05) is 0 Å². The summed E-state index contributed by atoms with van der Waals surface area (Å²) in [6, 6.07) is 22.5. The van der Waals surface area contributed by atoms with Gasteiger partial charge in [0.15, 0.2) is 0 Å². The number of hydrogen-bond donors (Lipinski definition) is 0. The van der Waals surface area contributed by atoms with Crippen LogP contribution in [0, 0.1) is 0 Å². The van der Waals surface area contributed by atoms with Gasteiger partial charge in [0.25, 0.3) is 0 Å². The van der Waals surface area contributed by atoms with Gasteiger partial charge in [0, 0.05) is 30.3 Å². The lowest BCUT2D eigenvalue weighted by atomic mass is 9.66. The van der Waals surface area contributed by atoms with Crippen molar-refractivity contribution in [3.8, 4) is 0 Å². The first kappa shape index (κ1) is 36.1. The van der Waals surface area contributed by atoms with E-state index in [1.165, 1.54) is 145 Å². The van der Waals surface area contributed by atoms with E-state index in [1.54, 1.807) is 0 Å². The quantitative estimate of drug-likeness (QED) is 0.0840. The van der Waals surface area contributed by atoms with Crippen LogP contribution >= 0.6 is 0 Å². The summed E-state index contributed by atoms with van der Waals surface area (Å²) in [4.78, 5) is 5.13. The standard InChI is InChI=1S/C42H66N2/c1-4-6-8-10-12-14-15-16-17-19-27-33-40(41-43-34-36-44(41)35-28-20-18-13-11-9-7-5-2)42(3,39-31-25-22-26-32-39)37-38-29-23-21-24-30-38/h21-26,29-32,34,36,40H,4-20,27-28,33,35,37H2,1-3H3. The molecule has 3 aromatic rings. The Kier molecular flexibility index (Phi) is 18.2. The van der Waals surface area contributed by atoms with Gasteiger partial charge < -0.3 is 4.57 Å². The van der Waals surface area contributed by atoms with Crippen molar-refractivity contribution in [2.24, 2.45) is 0 Å². The minimum atomic E-state index is -0.0243. The number of rotatable bonds is 26. The van der Waals surface area contributed by atoms with Gasteiger partial charge in [-0.1, -0.05) is 197 Å². The predicted octanol–water partition coefficient (Wildman–Crippen LogP) is 13.0. The van der Waals surface area contributed by atoms with Gasteiger partial charge in [-0.15, -0.1) is 0 Å². The van der Waals surface area contributed by atoms with Crippen LogP contribution in [0.1, 0.15) is 172 Å². The van der Waals surface area contributed by atoms with E-state index < -0.39 is 0 Å². The van der Waals surface area contributed by atoms with Crippen LogP contribution in [0.4, 0.5) is 0 Å². The van der Waals surface area contributed by atoms with E-state index in [9.17, 15) is 0 Å². The van der Waals surface area contributed by atoms with Crippen molar-refractivity contribution in [3.05, 3.63) is 90.0 Å². The average molecular weight is 599 g/mol. The molecule has 0 spiro atoms. The van der Waals surface area contributed by atoms with Crippen molar-refractivity contribution in [1.29, 1.82) is 0 Å². The number of imidazole rings is 1. The predicted molar refractivity (Wildman–Crippen MR) is 193 cm³/mol. The third-order valence-electron chi connectivity index (χ3n) is 10.0. The molecule has 44 heavy (non-hydrogen) atoms. The van der Waals surface area contributed by atoms with Crippen molar-refractivity contribution < 1.29 is 0 Å². The van der Waals surface area contributed by atoms with Crippen molar-refractivity contribution in [3.63, 3.8) is 0 Å². The Morgan fingerprint density at radius 1 is 0.591 bits per heavy atom. The van der Waals surface area contributed by atoms with Crippen LogP contribution in [-0.2, 0) is 18.4 Å². The molecule has 2 atom stereocenters. The molecular formula is C42H66N2. The van der Waals surface area contributed by atoms with Crippen LogP contribution < -0.4 is 0 Å². The molecule has 0 fully saturated rings. The van der Waals surface area contributed by atoms with Gasteiger partial charge in [0.1, 0.15) is 5.82 Å². The molecule has 0 radical (unpaired) electrons. The topological polar surface area (TPSA) is 17.8 Å². The Morgan fingerprint density at radius 3 is 1.61 bits per heavy atom. The maximum Gasteiger partial charge on any atom is 0.112 e. The molecule has 0 saturated carbocycles. The lowest BCUT2D eigenvalue weighted by Crippen LogP contribution is -2.35. The summed E-state index contributed by atoms with van der Waals surface area (Å²) in [6.45, 7) is 8.22. The van der Waals surface area contributed by atoms with Crippen LogP contribution in [0.5, 0.6) is 0 Å². The van der Waals surface area contributed by atoms with E-state index in [0.29, 0.717) is 5.92 Å². The van der Waals surface area contributed by atoms with Gasteiger partial charge in [0.05, 0.1) is 0 Å². The van der Waals surface area contributed by atoms with Crippen LogP contribution in [0.2, 0.25) is 0 Å². The lowest BCUT2D eigenvalue weighted by molar-refractivity contribution is 0.321. The molecule has 0 aliphatic rings. The molecule has 1 aromatic heterocycles. The molecule has 0 N–H and O–H groups in total. The smallest absolute Gasteiger partial charge is 0.112 e. The minimum Gasteiger partial charge on any atom is -0.335 e. The Labute approximate surface area is 272 Å². The van der Waals surface area contributed by atoms with Crippen molar-refractivity contribution in [2.45, 2.75) is 173 Å². The highest BCUT2D eigenvalue weighted by Gasteiger charge is 2.39. The number of aromatic nitrogens is 2. The van der Waals surface area contributed by atoms with E-state index in [-0.39, 0.29) is 5.41 Å². The lowest BCUT2D eigenvalue weighted by Gasteiger charge is -2.39. The van der Waals surface area contributed by atoms with Crippen molar-refractivity contribution >= 4 is 0 Å². The zero-order chi connectivity index (χ0) is 31.1. The van der Waals surface area contributed by atoms with Crippen molar-refractivity contribution in [1.82, 2.24) is 9.55 Å². The summed E-state index contributed by atoms with van der Waals surface area (Å²) in [6.07, 6.45) is 32.7. The second-order valence-corrected chi connectivity index (χ2v) is 13.8. The molecule has 3 rings (SSSR count). The van der Waals surface area contributed by atoms with Crippen LogP contribution in [0.3, 0.4) is 0 Å². The zero-order valence-corrected chi connectivity index (χ0v) is 29.0. The summed E-state index contributed by atoms with van der Waals surface area (Å²) in [7, 11) is 0. The highest BCUT2D eigenvalue weighted by atomic mass is 15.1. The third kappa shape index (κ3) is 12.9. The summed E-state index contributed by atoms with van der Waals surface area (Å²) >= 11 is 0. The first-order valence-electron chi connectivity index (χ1n) is 18.8. The third-order valence-corrected chi connectivity index (χ3v) is 10.0. The molecule has 244 valence electrons. The number of nitrogens with zero attached hydrogens (tertiary/aromatic N) is 2. The number of benzene rings is 2. The summed E-state index contributed by atoms with van der Waals surface area (Å²) in [5.74, 6) is 1.69. The van der Waals surface area contributed by atoms with Gasteiger partial charge in [-0.25, -0.2) is 4.98 Å². The molecule has 2 aromatic carbocycles. The molecule has 0 saturated heterocycles. The molecule has 2 heteroatoms. The molecule has 0 amide bonds. The van der Waals surface area contributed by atoms with E-state index in [0.717, 1.165) is 13.0 Å². The Morgan fingerprint density at radius 2 is 1.07 bits per heavy atom. The minimum absolute atomic E-state index is 0.0243. The van der Waals surface area contributed by atoms with Gasteiger partial charge in [0.2, 0.25) is 0 Å². The average Bonchev–Trinajstić information content (AvgIpc) is 3.51. The maximum atomic E-state index is 5.13. The fraction of sp³-hybridized carbons (Fsp3) is 0.643. The molecule has 2 unspecified atom stereocenters.